The summed E-state index contributed by atoms with van der Waals surface area (Å²) < 4.78 is 0. The summed E-state index contributed by atoms with van der Waals surface area (Å²) in [5.74, 6) is 0. The minimum Gasteiger partial charge on any atom is -0.401 e. The van der Waals surface area contributed by atoms with Gasteiger partial charge in [0.2, 0.25) is 0 Å². The van der Waals surface area contributed by atoms with E-state index >= 15 is 0 Å². The van der Waals surface area contributed by atoms with Gasteiger partial charge in [0.1, 0.15) is 6.61 Å². The zero-order valence-corrected chi connectivity index (χ0v) is 7.95. The van der Waals surface area contributed by atoms with Crippen molar-refractivity contribution in [3.63, 3.8) is 0 Å². The average molecular weight is 182 g/mol. The van der Waals surface area contributed by atoms with Crippen LogP contribution in [0, 0.1) is 0 Å². The zero-order valence-electron chi connectivity index (χ0n) is 7.95. The van der Waals surface area contributed by atoms with Gasteiger partial charge in [-0.2, -0.15) is 0 Å². The molecule has 0 fully saturated rings. The van der Waals surface area contributed by atoms with Gasteiger partial charge in [0.05, 0.1) is 6.61 Å². The SMILES string of the molecule is [B]N1CCC(COOCC)=C(N)C1. The molecule has 0 aromatic heterocycles. The summed E-state index contributed by atoms with van der Waals surface area (Å²) >= 11 is 0. The van der Waals surface area contributed by atoms with Crippen LogP contribution in [0.15, 0.2) is 11.3 Å². The zero-order chi connectivity index (χ0) is 9.68. The molecule has 0 aromatic carbocycles. The minimum absolute atomic E-state index is 0.452. The number of hydrogen-bond acceptors (Lipinski definition) is 4. The van der Waals surface area contributed by atoms with E-state index in [1.165, 1.54) is 0 Å². The molecular weight excluding hydrogens is 167 g/mol. The van der Waals surface area contributed by atoms with Gasteiger partial charge in [-0.25, -0.2) is 9.78 Å². The van der Waals surface area contributed by atoms with Crippen molar-refractivity contribution in [2.75, 3.05) is 26.3 Å². The van der Waals surface area contributed by atoms with Gasteiger partial charge in [0, 0.05) is 12.2 Å². The summed E-state index contributed by atoms with van der Waals surface area (Å²) in [6.07, 6.45) is 0.857. The smallest absolute Gasteiger partial charge is 0.183 e. The molecule has 0 saturated heterocycles. The Morgan fingerprint density at radius 1 is 1.54 bits per heavy atom. The van der Waals surface area contributed by atoms with E-state index in [2.05, 4.69) is 0 Å². The van der Waals surface area contributed by atoms with E-state index in [0.717, 1.165) is 24.2 Å². The van der Waals surface area contributed by atoms with Gasteiger partial charge in [-0.3, -0.25) is 0 Å². The highest BCUT2D eigenvalue weighted by Crippen LogP contribution is 2.12. The average Bonchev–Trinajstić information content (AvgIpc) is 2.09. The van der Waals surface area contributed by atoms with Gasteiger partial charge >= 0.3 is 0 Å². The highest BCUT2D eigenvalue weighted by molar-refractivity contribution is 6.04. The number of hydrogen-bond donors (Lipinski definition) is 1. The number of rotatable bonds is 4. The molecule has 1 aliphatic heterocycles. The second kappa shape index (κ2) is 5.27. The van der Waals surface area contributed by atoms with Crippen LogP contribution in [0.4, 0.5) is 0 Å². The first-order valence-electron chi connectivity index (χ1n) is 4.44. The van der Waals surface area contributed by atoms with E-state index in [1.54, 1.807) is 4.81 Å². The Morgan fingerprint density at radius 2 is 2.31 bits per heavy atom. The molecule has 0 spiro atoms. The maximum Gasteiger partial charge on any atom is 0.183 e. The van der Waals surface area contributed by atoms with Crippen molar-refractivity contribution in [2.45, 2.75) is 13.3 Å². The third-order valence-electron chi connectivity index (χ3n) is 1.96. The van der Waals surface area contributed by atoms with E-state index in [0.29, 0.717) is 19.8 Å². The van der Waals surface area contributed by atoms with Gasteiger partial charge < -0.3 is 10.5 Å². The summed E-state index contributed by atoms with van der Waals surface area (Å²) in [6.45, 7) is 4.32. The van der Waals surface area contributed by atoms with Crippen molar-refractivity contribution in [3.8, 4) is 0 Å². The van der Waals surface area contributed by atoms with E-state index in [9.17, 15) is 0 Å². The maximum atomic E-state index is 5.77. The van der Waals surface area contributed by atoms with Gasteiger partial charge in [0.15, 0.2) is 7.98 Å². The molecule has 0 amide bonds. The predicted molar refractivity (Wildman–Crippen MR) is 50.7 cm³/mol. The van der Waals surface area contributed by atoms with E-state index < -0.39 is 0 Å². The fourth-order valence-electron chi connectivity index (χ4n) is 1.21. The normalized spacial score (nSPS) is 19.5. The van der Waals surface area contributed by atoms with Crippen LogP contribution in [0.25, 0.3) is 0 Å². The number of nitrogens with zero attached hydrogens (tertiary/aromatic N) is 1. The van der Waals surface area contributed by atoms with Gasteiger partial charge in [0.25, 0.3) is 0 Å². The van der Waals surface area contributed by atoms with Gasteiger partial charge in [-0.05, 0) is 25.5 Å². The summed E-state index contributed by atoms with van der Waals surface area (Å²) in [7, 11) is 5.59. The molecule has 13 heavy (non-hydrogen) atoms. The fourth-order valence-corrected chi connectivity index (χ4v) is 1.21. The Hall–Kier alpha value is -0.515. The van der Waals surface area contributed by atoms with E-state index in [1.807, 2.05) is 6.92 Å². The molecule has 1 aliphatic rings. The van der Waals surface area contributed by atoms with E-state index in [-0.39, 0.29) is 0 Å². The van der Waals surface area contributed by atoms with Crippen molar-refractivity contribution < 1.29 is 9.78 Å². The first-order chi connectivity index (χ1) is 6.24. The van der Waals surface area contributed by atoms with Crippen LogP contribution in [-0.4, -0.2) is 39.1 Å². The highest BCUT2D eigenvalue weighted by Gasteiger charge is 2.13. The third kappa shape index (κ3) is 3.38. The highest BCUT2D eigenvalue weighted by atomic mass is 17.2. The van der Waals surface area contributed by atoms with Crippen LogP contribution in [0.1, 0.15) is 13.3 Å². The quantitative estimate of drug-likeness (QED) is 0.286. The summed E-state index contributed by atoms with van der Waals surface area (Å²) in [6, 6.07) is 0. The largest absolute Gasteiger partial charge is 0.401 e. The summed E-state index contributed by atoms with van der Waals surface area (Å²) in [4.78, 5) is 11.4. The molecule has 0 aromatic rings. The monoisotopic (exact) mass is 182 g/mol. The Bertz CT molecular complexity index is 197. The second-order valence-corrected chi connectivity index (χ2v) is 3.02. The van der Waals surface area contributed by atoms with Crippen molar-refractivity contribution in [1.29, 1.82) is 0 Å². The molecule has 4 nitrogen and oxygen atoms in total. The van der Waals surface area contributed by atoms with Crippen molar-refractivity contribution >= 4 is 7.98 Å². The molecule has 0 atom stereocenters. The topological polar surface area (TPSA) is 47.7 Å². The van der Waals surface area contributed by atoms with Crippen LogP contribution in [0.3, 0.4) is 0 Å². The first-order valence-corrected chi connectivity index (χ1v) is 4.44. The molecular formula is C8H15BN2O2. The lowest BCUT2D eigenvalue weighted by atomic mass is 10.0. The van der Waals surface area contributed by atoms with Crippen molar-refractivity contribution in [3.05, 3.63) is 11.3 Å². The molecule has 0 aliphatic carbocycles. The molecule has 1 rings (SSSR count). The molecule has 2 radical (unpaired) electrons. The molecule has 0 saturated carbocycles. The lowest BCUT2D eigenvalue weighted by molar-refractivity contribution is -0.285. The minimum atomic E-state index is 0.452. The van der Waals surface area contributed by atoms with Crippen LogP contribution in [-0.2, 0) is 9.78 Å². The summed E-state index contributed by atoms with van der Waals surface area (Å²) in [5, 5.41) is 0. The Kier molecular flexibility index (Phi) is 4.28. The first kappa shape index (κ1) is 10.6. The third-order valence-corrected chi connectivity index (χ3v) is 1.96. The Morgan fingerprint density at radius 3 is 2.92 bits per heavy atom. The Labute approximate surface area is 80.0 Å². The van der Waals surface area contributed by atoms with Crippen LogP contribution >= 0.6 is 0 Å². The van der Waals surface area contributed by atoms with Crippen LogP contribution in [0.2, 0.25) is 0 Å². The van der Waals surface area contributed by atoms with Gasteiger partial charge in [-0.1, -0.05) is 0 Å². The Balaban J connectivity index is 2.35. The van der Waals surface area contributed by atoms with Crippen molar-refractivity contribution in [1.82, 2.24) is 4.81 Å². The molecule has 0 bridgehead atoms. The summed E-state index contributed by atoms with van der Waals surface area (Å²) in [5.41, 5.74) is 7.67. The van der Waals surface area contributed by atoms with Gasteiger partial charge in [-0.15, -0.1) is 0 Å². The fraction of sp³-hybridized carbons (Fsp3) is 0.750. The van der Waals surface area contributed by atoms with Crippen LogP contribution < -0.4 is 5.73 Å². The maximum absolute atomic E-state index is 5.77. The lowest BCUT2D eigenvalue weighted by Gasteiger charge is -2.25. The second-order valence-electron chi connectivity index (χ2n) is 3.02. The molecule has 2 N–H and O–H groups in total. The lowest BCUT2D eigenvalue weighted by Crippen LogP contribution is -2.33. The standard InChI is InChI=1S/C8H15BN2O2/c1-2-12-13-6-7-3-4-11(9)5-8(7)10/h2-6,10H2,1H3. The number of nitrogens with two attached hydrogens (primary N) is 1. The molecule has 5 heteroatoms. The predicted octanol–water partition coefficient (Wildman–Crippen LogP) is -0.0435. The molecule has 72 valence electrons. The van der Waals surface area contributed by atoms with Crippen molar-refractivity contribution in [2.24, 2.45) is 5.73 Å². The van der Waals surface area contributed by atoms with E-state index in [4.69, 9.17) is 23.5 Å². The molecule has 0 unspecified atom stereocenters. The van der Waals surface area contributed by atoms with Crippen LogP contribution in [0.5, 0.6) is 0 Å². The molecule has 1 heterocycles.